The van der Waals surface area contributed by atoms with Gasteiger partial charge in [0.25, 0.3) is 0 Å². The summed E-state index contributed by atoms with van der Waals surface area (Å²) in [6, 6.07) is 18.0. The zero-order valence-electron chi connectivity index (χ0n) is 14.1. The lowest BCUT2D eigenvalue weighted by atomic mass is 10.0. The van der Waals surface area contributed by atoms with Gasteiger partial charge in [0.15, 0.2) is 0 Å². The summed E-state index contributed by atoms with van der Waals surface area (Å²) in [5.41, 5.74) is 3.49. The van der Waals surface area contributed by atoms with E-state index >= 15 is 0 Å². The van der Waals surface area contributed by atoms with Gasteiger partial charge in [0, 0.05) is 31.9 Å². The van der Waals surface area contributed by atoms with Crippen LogP contribution in [0.4, 0.5) is 5.69 Å². The first-order valence-corrected chi connectivity index (χ1v) is 8.46. The van der Waals surface area contributed by atoms with Crippen LogP contribution in [-0.2, 0) is 11.2 Å². The summed E-state index contributed by atoms with van der Waals surface area (Å²) in [4.78, 5) is 16.2. The molecule has 0 amide bonds. The predicted octanol–water partition coefficient (Wildman–Crippen LogP) is 2.81. The van der Waals surface area contributed by atoms with Crippen LogP contribution in [0.1, 0.15) is 11.1 Å². The van der Waals surface area contributed by atoms with Crippen LogP contribution >= 0.6 is 0 Å². The van der Waals surface area contributed by atoms with E-state index in [1.54, 1.807) is 0 Å². The van der Waals surface area contributed by atoms with Gasteiger partial charge in [0.05, 0.1) is 0 Å². The number of carboxylic acid groups (broad SMARTS) is 1. The second-order valence-electron chi connectivity index (χ2n) is 6.40. The fourth-order valence-electron chi connectivity index (χ4n) is 3.25. The molecule has 0 spiro atoms. The third-order valence-corrected chi connectivity index (χ3v) is 4.71. The highest BCUT2D eigenvalue weighted by atomic mass is 16.4. The van der Waals surface area contributed by atoms with Crippen LogP contribution in [0.3, 0.4) is 0 Å². The average Bonchev–Trinajstić information content (AvgIpc) is 2.62. The summed E-state index contributed by atoms with van der Waals surface area (Å²) in [6.07, 6.45) is 0.556. The van der Waals surface area contributed by atoms with Crippen molar-refractivity contribution in [2.45, 2.75) is 19.4 Å². The minimum atomic E-state index is -0.733. The van der Waals surface area contributed by atoms with Crippen molar-refractivity contribution in [1.29, 1.82) is 0 Å². The monoisotopic (exact) mass is 324 g/mol. The maximum Gasteiger partial charge on any atom is 0.321 e. The molecule has 0 radical (unpaired) electrons. The topological polar surface area (TPSA) is 43.8 Å². The van der Waals surface area contributed by atoms with E-state index in [4.69, 9.17) is 0 Å². The third-order valence-electron chi connectivity index (χ3n) is 4.71. The molecule has 1 saturated heterocycles. The number of aliphatic carboxylic acids is 1. The molecular formula is C20H24N2O2. The second-order valence-corrected chi connectivity index (χ2v) is 6.40. The van der Waals surface area contributed by atoms with Gasteiger partial charge in [-0.2, -0.15) is 0 Å². The van der Waals surface area contributed by atoms with Gasteiger partial charge in [0.1, 0.15) is 6.04 Å². The molecule has 0 saturated carbocycles. The predicted molar refractivity (Wildman–Crippen MR) is 96.5 cm³/mol. The second kappa shape index (κ2) is 7.49. The Morgan fingerprint density at radius 2 is 1.62 bits per heavy atom. The van der Waals surface area contributed by atoms with Crippen molar-refractivity contribution in [3.05, 3.63) is 65.7 Å². The smallest absolute Gasteiger partial charge is 0.321 e. The number of para-hydroxylation sites is 1. The number of nitrogens with zero attached hydrogens (tertiary/aromatic N) is 2. The summed E-state index contributed by atoms with van der Waals surface area (Å²) in [5, 5.41) is 9.67. The van der Waals surface area contributed by atoms with Crippen LogP contribution in [0.2, 0.25) is 0 Å². The number of piperazine rings is 1. The zero-order chi connectivity index (χ0) is 16.9. The SMILES string of the molecule is Cc1ccc(C[C@@H](C(=O)O)N2CCN(c3ccccc3)CC2)cc1. The summed E-state index contributed by atoms with van der Waals surface area (Å²) in [6.45, 7) is 5.32. The highest BCUT2D eigenvalue weighted by molar-refractivity contribution is 5.74. The fraction of sp³-hybridized carbons (Fsp3) is 0.350. The lowest BCUT2D eigenvalue weighted by molar-refractivity contribution is -0.143. The number of anilines is 1. The highest BCUT2D eigenvalue weighted by Crippen LogP contribution is 2.18. The number of benzene rings is 2. The first-order chi connectivity index (χ1) is 11.6. The van der Waals surface area contributed by atoms with Gasteiger partial charge in [0.2, 0.25) is 0 Å². The Morgan fingerprint density at radius 3 is 2.21 bits per heavy atom. The van der Waals surface area contributed by atoms with Gasteiger partial charge in [-0.1, -0.05) is 48.0 Å². The van der Waals surface area contributed by atoms with Crippen LogP contribution in [0, 0.1) is 6.92 Å². The van der Waals surface area contributed by atoms with Crippen molar-refractivity contribution < 1.29 is 9.90 Å². The molecule has 1 atom stereocenters. The van der Waals surface area contributed by atoms with Gasteiger partial charge in [-0.05, 0) is 31.0 Å². The van der Waals surface area contributed by atoms with Gasteiger partial charge in [-0.25, -0.2) is 0 Å². The molecular weight excluding hydrogens is 300 g/mol. The zero-order valence-corrected chi connectivity index (χ0v) is 14.1. The molecule has 2 aromatic rings. The molecule has 4 nitrogen and oxygen atoms in total. The summed E-state index contributed by atoms with van der Waals surface area (Å²) < 4.78 is 0. The van der Waals surface area contributed by atoms with E-state index in [0.29, 0.717) is 6.42 Å². The van der Waals surface area contributed by atoms with E-state index in [1.807, 2.05) is 49.4 Å². The van der Waals surface area contributed by atoms with Crippen molar-refractivity contribution in [1.82, 2.24) is 4.90 Å². The molecule has 0 aliphatic carbocycles. The average molecular weight is 324 g/mol. The standard InChI is InChI=1S/C20H24N2O2/c1-16-7-9-17(10-8-16)15-19(20(23)24)22-13-11-21(12-14-22)18-5-3-2-4-6-18/h2-10,19H,11-15H2,1H3,(H,23,24)/t19-/m0/s1. The third kappa shape index (κ3) is 3.95. The molecule has 0 aromatic heterocycles. The quantitative estimate of drug-likeness (QED) is 0.918. The molecule has 1 N–H and O–H groups in total. The first-order valence-electron chi connectivity index (χ1n) is 8.46. The summed E-state index contributed by atoms with van der Waals surface area (Å²) in [5.74, 6) is -0.733. The fourth-order valence-corrected chi connectivity index (χ4v) is 3.25. The highest BCUT2D eigenvalue weighted by Gasteiger charge is 2.29. The Bertz CT molecular complexity index is 662. The number of carboxylic acids is 1. The van der Waals surface area contributed by atoms with Crippen molar-refractivity contribution in [3.63, 3.8) is 0 Å². The van der Waals surface area contributed by atoms with Crippen molar-refractivity contribution in [3.8, 4) is 0 Å². The molecule has 3 rings (SSSR count). The molecule has 1 aliphatic rings. The van der Waals surface area contributed by atoms with Crippen molar-refractivity contribution >= 4 is 11.7 Å². The van der Waals surface area contributed by atoms with Crippen LogP contribution in [-0.4, -0.2) is 48.2 Å². The minimum Gasteiger partial charge on any atom is -0.480 e. The summed E-state index contributed by atoms with van der Waals surface area (Å²) in [7, 11) is 0. The number of aryl methyl sites for hydroxylation is 1. The van der Waals surface area contributed by atoms with E-state index in [2.05, 4.69) is 21.9 Å². The molecule has 2 aromatic carbocycles. The lowest BCUT2D eigenvalue weighted by Crippen LogP contribution is -2.53. The van der Waals surface area contributed by atoms with Crippen molar-refractivity contribution in [2.75, 3.05) is 31.1 Å². The Morgan fingerprint density at radius 1 is 1.00 bits per heavy atom. The van der Waals surface area contributed by atoms with Gasteiger partial charge in [-0.3, -0.25) is 9.69 Å². The Labute approximate surface area is 143 Å². The molecule has 1 aliphatic heterocycles. The van der Waals surface area contributed by atoms with Gasteiger partial charge < -0.3 is 10.0 Å². The lowest BCUT2D eigenvalue weighted by Gasteiger charge is -2.38. The van der Waals surface area contributed by atoms with Crippen LogP contribution in [0.25, 0.3) is 0 Å². The largest absolute Gasteiger partial charge is 0.480 e. The Balaban J connectivity index is 1.63. The number of hydrogen-bond acceptors (Lipinski definition) is 3. The van der Waals surface area contributed by atoms with E-state index in [9.17, 15) is 9.90 Å². The number of carbonyl (C=O) groups is 1. The summed E-state index contributed by atoms with van der Waals surface area (Å²) >= 11 is 0. The number of rotatable bonds is 5. The molecule has 1 fully saturated rings. The maximum absolute atomic E-state index is 11.8. The molecule has 0 unspecified atom stereocenters. The molecule has 126 valence electrons. The molecule has 0 bridgehead atoms. The molecule has 24 heavy (non-hydrogen) atoms. The van der Waals surface area contributed by atoms with E-state index in [1.165, 1.54) is 11.3 Å². The minimum absolute atomic E-state index is 0.453. The Kier molecular flexibility index (Phi) is 5.16. The van der Waals surface area contributed by atoms with E-state index in [-0.39, 0.29) is 0 Å². The van der Waals surface area contributed by atoms with Crippen LogP contribution in [0.5, 0.6) is 0 Å². The van der Waals surface area contributed by atoms with E-state index < -0.39 is 12.0 Å². The molecule has 1 heterocycles. The van der Waals surface area contributed by atoms with Gasteiger partial charge >= 0.3 is 5.97 Å². The maximum atomic E-state index is 11.8. The van der Waals surface area contributed by atoms with Crippen LogP contribution < -0.4 is 4.90 Å². The van der Waals surface area contributed by atoms with Gasteiger partial charge in [-0.15, -0.1) is 0 Å². The normalized spacial score (nSPS) is 16.8. The van der Waals surface area contributed by atoms with Crippen LogP contribution in [0.15, 0.2) is 54.6 Å². The first kappa shape index (κ1) is 16.5. The molecule has 4 heteroatoms. The number of hydrogen-bond donors (Lipinski definition) is 1. The van der Waals surface area contributed by atoms with Crippen molar-refractivity contribution in [2.24, 2.45) is 0 Å². The van der Waals surface area contributed by atoms with E-state index in [0.717, 1.165) is 31.7 Å². The Hall–Kier alpha value is -2.33.